The third-order valence-corrected chi connectivity index (χ3v) is 3.89. The van der Waals surface area contributed by atoms with E-state index in [4.69, 9.17) is 4.74 Å². The lowest BCUT2D eigenvalue weighted by molar-refractivity contribution is 0.184. The predicted octanol–water partition coefficient (Wildman–Crippen LogP) is 2.92. The van der Waals surface area contributed by atoms with E-state index in [2.05, 4.69) is 17.1 Å². The first-order valence-electron chi connectivity index (χ1n) is 5.99. The third-order valence-electron chi connectivity index (χ3n) is 2.74. The van der Waals surface area contributed by atoms with Crippen molar-refractivity contribution < 1.29 is 9.13 Å². The standard InChI is InChI=1S/C13H16FN3OS/c1-10(11-3-5-12(14)6-4-11)19-13-16-15-9-17(13)7-8-18-2/h3-6,9-10H,7-8H2,1-2H3. The van der Waals surface area contributed by atoms with E-state index in [1.165, 1.54) is 12.1 Å². The molecule has 1 heterocycles. The Morgan fingerprint density at radius 3 is 2.79 bits per heavy atom. The fraction of sp³-hybridized carbons (Fsp3) is 0.385. The van der Waals surface area contributed by atoms with Crippen molar-refractivity contribution in [1.82, 2.24) is 14.8 Å². The quantitative estimate of drug-likeness (QED) is 0.763. The zero-order valence-corrected chi connectivity index (χ0v) is 11.7. The zero-order chi connectivity index (χ0) is 13.7. The lowest BCUT2D eigenvalue weighted by atomic mass is 10.2. The fourth-order valence-corrected chi connectivity index (χ4v) is 2.62. The van der Waals surface area contributed by atoms with E-state index >= 15 is 0 Å². The first kappa shape index (κ1) is 14.0. The summed E-state index contributed by atoms with van der Waals surface area (Å²) in [6.45, 7) is 3.41. The molecule has 19 heavy (non-hydrogen) atoms. The van der Waals surface area contributed by atoms with Crippen LogP contribution < -0.4 is 0 Å². The van der Waals surface area contributed by atoms with Gasteiger partial charge in [0.1, 0.15) is 12.1 Å². The number of thioether (sulfide) groups is 1. The van der Waals surface area contributed by atoms with E-state index in [0.717, 1.165) is 17.3 Å². The van der Waals surface area contributed by atoms with Gasteiger partial charge in [0.25, 0.3) is 0 Å². The van der Waals surface area contributed by atoms with Gasteiger partial charge in [0, 0.05) is 18.9 Å². The van der Waals surface area contributed by atoms with E-state index < -0.39 is 0 Å². The molecule has 0 saturated carbocycles. The first-order chi connectivity index (χ1) is 9.20. The van der Waals surface area contributed by atoms with Crippen molar-refractivity contribution in [2.24, 2.45) is 0 Å². The molecule has 6 heteroatoms. The van der Waals surface area contributed by atoms with Crippen LogP contribution in [0.1, 0.15) is 17.7 Å². The van der Waals surface area contributed by atoms with Crippen LogP contribution in [-0.4, -0.2) is 28.5 Å². The van der Waals surface area contributed by atoms with Gasteiger partial charge < -0.3 is 9.30 Å². The van der Waals surface area contributed by atoms with Crippen LogP contribution >= 0.6 is 11.8 Å². The zero-order valence-electron chi connectivity index (χ0n) is 10.9. The highest BCUT2D eigenvalue weighted by molar-refractivity contribution is 7.99. The topological polar surface area (TPSA) is 39.9 Å². The van der Waals surface area contributed by atoms with Crippen LogP contribution in [0.25, 0.3) is 0 Å². The molecule has 1 aromatic heterocycles. The van der Waals surface area contributed by atoms with Gasteiger partial charge in [-0.25, -0.2) is 4.39 Å². The van der Waals surface area contributed by atoms with Crippen molar-refractivity contribution in [3.63, 3.8) is 0 Å². The first-order valence-corrected chi connectivity index (χ1v) is 6.87. The van der Waals surface area contributed by atoms with Crippen LogP contribution in [-0.2, 0) is 11.3 Å². The van der Waals surface area contributed by atoms with Crippen LogP contribution in [0.3, 0.4) is 0 Å². The monoisotopic (exact) mass is 281 g/mol. The number of aromatic nitrogens is 3. The second-order valence-corrected chi connectivity index (χ2v) is 5.42. The van der Waals surface area contributed by atoms with Crippen molar-refractivity contribution >= 4 is 11.8 Å². The van der Waals surface area contributed by atoms with E-state index in [9.17, 15) is 4.39 Å². The Bertz CT molecular complexity index is 515. The largest absolute Gasteiger partial charge is 0.383 e. The number of methoxy groups -OCH3 is 1. The number of benzene rings is 1. The van der Waals surface area contributed by atoms with Crippen molar-refractivity contribution in [2.75, 3.05) is 13.7 Å². The Kier molecular flexibility index (Phi) is 4.93. The van der Waals surface area contributed by atoms with Crippen LogP contribution in [0.4, 0.5) is 4.39 Å². The second-order valence-electron chi connectivity index (χ2n) is 4.11. The van der Waals surface area contributed by atoms with Gasteiger partial charge in [0.15, 0.2) is 5.16 Å². The van der Waals surface area contributed by atoms with Gasteiger partial charge in [-0.3, -0.25) is 0 Å². The minimum Gasteiger partial charge on any atom is -0.383 e. The van der Waals surface area contributed by atoms with Crippen LogP contribution in [0.2, 0.25) is 0 Å². The van der Waals surface area contributed by atoms with Crippen molar-refractivity contribution in [2.45, 2.75) is 23.9 Å². The normalized spacial score (nSPS) is 12.6. The lowest BCUT2D eigenvalue weighted by Crippen LogP contribution is -2.05. The molecule has 0 saturated heterocycles. The molecule has 4 nitrogen and oxygen atoms in total. The molecule has 1 atom stereocenters. The van der Waals surface area contributed by atoms with Crippen molar-refractivity contribution in [3.8, 4) is 0 Å². The smallest absolute Gasteiger partial charge is 0.191 e. The average molecular weight is 281 g/mol. The van der Waals surface area contributed by atoms with Crippen molar-refractivity contribution in [1.29, 1.82) is 0 Å². The van der Waals surface area contributed by atoms with E-state index in [1.807, 2.05) is 4.57 Å². The summed E-state index contributed by atoms with van der Waals surface area (Å²) < 4.78 is 19.9. The third kappa shape index (κ3) is 3.78. The molecular formula is C13H16FN3OS. The van der Waals surface area contributed by atoms with Crippen LogP contribution in [0, 0.1) is 5.82 Å². The van der Waals surface area contributed by atoms with Gasteiger partial charge in [-0.15, -0.1) is 10.2 Å². The molecular weight excluding hydrogens is 265 g/mol. The fourth-order valence-electron chi connectivity index (χ4n) is 1.64. The minimum absolute atomic E-state index is 0.186. The number of ether oxygens (including phenoxy) is 1. The molecule has 0 aliphatic heterocycles. The summed E-state index contributed by atoms with van der Waals surface area (Å²) in [5.41, 5.74) is 1.06. The Hall–Kier alpha value is -1.40. The SMILES string of the molecule is COCCn1cnnc1SC(C)c1ccc(F)cc1. The number of hydrogen-bond acceptors (Lipinski definition) is 4. The summed E-state index contributed by atoms with van der Waals surface area (Å²) in [6, 6.07) is 6.54. The average Bonchev–Trinajstić information content (AvgIpc) is 2.84. The van der Waals surface area contributed by atoms with E-state index in [0.29, 0.717) is 6.61 Å². The Morgan fingerprint density at radius 1 is 1.37 bits per heavy atom. The summed E-state index contributed by atoms with van der Waals surface area (Å²) in [6.07, 6.45) is 1.69. The molecule has 0 N–H and O–H groups in total. The molecule has 102 valence electrons. The molecule has 0 aliphatic rings. The summed E-state index contributed by atoms with van der Waals surface area (Å²) >= 11 is 1.60. The molecule has 0 fully saturated rings. The minimum atomic E-state index is -0.218. The highest BCUT2D eigenvalue weighted by atomic mass is 32.2. The highest BCUT2D eigenvalue weighted by Crippen LogP contribution is 2.33. The molecule has 2 aromatic rings. The molecule has 0 bridgehead atoms. The summed E-state index contributed by atoms with van der Waals surface area (Å²) in [4.78, 5) is 0. The maximum atomic E-state index is 12.9. The summed E-state index contributed by atoms with van der Waals surface area (Å²) in [7, 11) is 1.66. The van der Waals surface area contributed by atoms with Gasteiger partial charge in [0.2, 0.25) is 0 Å². The number of nitrogens with zero attached hydrogens (tertiary/aromatic N) is 3. The maximum Gasteiger partial charge on any atom is 0.191 e. The van der Waals surface area contributed by atoms with Gasteiger partial charge in [-0.05, 0) is 24.6 Å². The summed E-state index contributed by atoms with van der Waals surface area (Å²) in [5, 5.41) is 9.04. The molecule has 0 spiro atoms. The molecule has 0 radical (unpaired) electrons. The van der Waals surface area contributed by atoms with Crippen molar-refractivity contribution in [3.05, 3.63) is 42.0 Å². The highest BCUT2D eigenvalue weighted by Gasteiger charge is 2.12. The van der Waals surface area contributed by atoms with Gasteiger partial charge in [-0.1, -0.05) is 23.9 Å². The Morgan fingerprint density at radius 2 is 2.11 bits per heavy atom. The molecule has 2 rings (SSSR count). The molecule has 1 aromatic carbocycles. The van der Waals surface area contributed by atoms with Crippen LogP contribution in [0.15, 0.2) is 35.7 Å². The van der Waals surface area contributed by atoms with E-state index in [-0.39, 0.29) is 11.1 Å². The van der Waals surface area contributed by atoms with Gasteiger partial charge in [-0.2, -0.15) is 0 Å². The summed E-state index contributed by atoms with van der Waals surface area (Å²) in [5.74, 6) is -0.218. The van der Waals surface area contributed by atoms with Gasteiger partial charge in [0.05, 0.1) is 6.61 Å². The maximum absolute atomic E-state index is 12.9. The molecule has 0 aliphatic carbocycles. The predicted molar refractivity (Wildman–Crippen MR) is 72.6 cm³/mol. The van der Waals surface area contributed by atoms with Gasteiger partial charge >= 0.3 is 0 Å². The Balaban J connectivity index is 2.04. The molecule has 0 amide bonds. The second kappa shape index (κ2) is 6.68. The van der Waals surface area contributed by atoms with E-state index in [1.54, 1.807) is 37.3 Å². The number of hydrogen-bond donors (Lipinski definition) is 0. The Labute approximate surface area is 116 Å². The molecule has 1 unspecified atom stereocenters. The number of rotatable bonds is 6. The lowest BCUT2D eigenvalue weighted by Gasteiger charge is -2.12. The number of halogens is 1. The van der Waals surface area contributed by atoms with Crippen LogP contribution in [0.5, 0.6) is 0 Å².